The number of benzene rings is 1. The molecule has 2 heterocycles. The molecule has 1 amide bonds. The second kappa shape index (κ2) is 6.37. The van der Waals surface area contributed by atoms with E-state index in [9.17, 15) is 9.59 Å². The fraction of sp³-hybridized carbons (Fsp3) is 0.550. The van der Waals surface area contributed by atoms with Crippen LogP contribution in [0.4, 0.5) is 4.79 Å². The maximum Gasteiger partial charge on any atom is 0.410 e. The Labute approximate surface area is 172 Å². The number of aromatic nitrogens is 2. The zero-order valence-electron chi connectivity index (χ0n) is 19.0. The van der Waals surface area contributed by atoms with Gasteiger partial charge >= 0.3 is 6.09 Å². The lowest BCUT2D eigenvalue weighted by Crippen LogP contribution is -2.66. The Kier molecular flexibility index (Phi) is 3.55. The highest BCUT2D eigenvalue weighted by Crippen LogP contribution is 2.50. The van der Waals surface area contributed by atoms with Gasteiger partial charge in [0, 0.05) is 29.6 Å². The molecule has 1 aliphatic carbocycles. The number of nitrogens with zero attached hydrogens (tertiary/aromatic N) is 3. The largest absolute Gasteiger partial charge is 0.490 e. The molecule has 0 radical (unpaired) electrons. The first-order valence-electron chi connectivity index (χ1n) is 10.6. The molecule has 2 aliphatic rings. The molecule has 0 unspecified atom stereocenters. The molecule has 7 nitrogen and oxygen atoms in total. The van der Waals surface area contributed by atoms with Crippen molar-refractivity contribution in [3.8, 4) is 5.75 Å². The number of amides is 1. The van der Waals surface area contributed by atoms with E-state index in [4.69, 9.17) is 25.2 Å². The molecule has 8 heteroatoms. The van der Waals surface area contributed by atoms with E-state index in [1.165, 1.54) is 12.3 Å². The number of hydrogen-bond donors (Lipinski definition) is 0. The second-order valence-corrected chi connectivity index (χ2v) is 9.09. The van der Waals surface area contributed by atoms with Crippen LogP contribution < -0.4 is 10.3 Å². The number of carbonyl (C=O) groups excluding carboxylic acids is 1. The summed E-state index contributed by atoms with van der Waals surface area (Å²) in [5.41, 5.74) is -1.27. The minimum absolute atomic E-state index is 0.0377. The SMILES string of the molecule is [2H]C([2H])([2H])n1ncc2c(OC3CC4(C3)CN(C(=O)OC(C)(C)C)C4)ccc(Cl)c2c1=O. The second-order valence-electron chi connectivity index (χ2n) is 8.68. The van der Waals surface area contributed by atoms with Gasteiger partial charge in [-0.2, -0.15) is 5.10 Å². The molecule has 4 rings (SSSR count). The number of rotatable bonds is 2. The smallest absolute Gasteiger partial charge is 0.410 e. The minimum atomic E-state index is -2.70. The van der Waals surface area contributed by atoms with E-state index in [0.29, 0.717) is 28.9 Å². The standard InChI is InChI=1S/C20H24ClN3O4/c1-19(2,3)28-18(26)24-10-20(11-24)7-12(8-20)27-15-6-5-14(21)16-13(15)9-22-23(4)17(16)25/h5-6,9,12H,7-8,10-11H2,1-4H3/i4D3. The van der Waals surface area contributed by atoms with Crippen LogP contribution in [0.2, 0.25) is 5.02 Å². The van der Waals surface area contributed by atoms with Crippen LogP contribution >= 0.6 is 11.6 Å². The van der Waals surface area contributed by atoms with Gasteiger partial charge in [0.25, 0.3) is 5.56 Å². The maximum absolute atomic E-state index is 12.6. The molecule has 28 heavy (non-hydrogen) atoms. The Bertz CT molecular complexity index is 1100. The fourth-order valence-corrected chi connectivity index (χ4v) is 4.19. The molecule has 1 aliphatic heterocycles. The summed E-state index contributed by atoms with van der Waals surface area (Å²) >= 11 is 6.18. The molecule has 2 aromatic rings. The average Bonchev–Trinajstić information content (AvgIpc) is 2.54. The van der Waals surface area contributed by atoms with Gasteiger partial charge in [-0.05, 0) is 45.7 Å². The van der Waals surface area contributed by atoms with E-state index >= 15 is 0 Å². The third-order valence-corrected chi connectivity index (χ3v) is 5.50. The summed E-state index contributed by atoms with van der Waals surface area (Å²) in [4.78, 5) is 26.5. The van der Waals surface area contributed by atoms with Crippen molar-refractivity contribution in [2.45, 2.75) is 45.3 Å². The summed E-state index contributed by atoms with van der Waals surface area (Å²) in [5, 5.41) is 4.38. The first kappa shape index (κ1) is 15.6. The molecular weight excluding hydrogens is 382 g/mol. The molecule has 2 fully saturated rings. The van der Waals surface area contributed by atoms with E-state index in [0.717, 1.165) is 12.8 Å². The lowest BCUT2D eigenvalue weighted by molar-refractivity contribution is -0.116. The summed E-state index contributed by atoms with van der Waals surface area (Å²) in [6.45, 7) is 4.08. The van der Waals surface area contributed by atoms with Crippen LogP contribution in [0.5, 0.6) is 5.75 Å². The minimum Gasteiger partial charge on any atom is -0.490 e. The summed E-state index contributed by atoms with van der Waals surface area (Å²) in [6.07, 6.45) is 2.47. The predicted octanol–water partition coefficient (Wildman–Crippen LogP) is 3.37. The third kappa shape index (κ3) is 3.32. The molecule has 1 aromatic carbocycles. The topological polar surface area (TPSA) is 73.7 Å². The number of likely N-dealkylation sites (tertiary alicyclic amines) is 1. The summed E-state index contributed by atoms with van der Waals surface area (Å²) < 4.78 is 34.3. The van der Waals surface area contributed by atoms with E-state index in [1.54, 1.807) is 11.0 Å². The lowest BCUT2D eigenvalue weighted by atomic mass is 9.62. The van der Waals surface area contributed by atoms with Gasteiger partial charge in [0.15, 0.2) is 0 Å². The van der Waals surface area contributed by atoms with Crippen molar-refractivity contribution in [1.29, 1.82) is 0 Å². The fourth-order valence-electron chi connectivity index (χ4n) is 3.94. The van der Waals surface area contributed by atoms with Gasteiger partial charge in [0.1, 0.15) is 17.5 Å². The Morgan fingerprint density at radius 2 is 2.07 bits per heavy atom. The molecule has 0 N–H and O–H groups in total. The average molecular weight is 409 g/mol. The molecule has 1 saturated heterocycles. The molecule has 150 valence electrons. The van der Waals surface area contributed by atoms with Crippen molar-refractivity contribution < 1.29 is 18.4 Å². The van der Waals surface area contributed by atoms with Gasteiger partial charge in [-0.15, -0.1) is 0 Å². The summed E-state index contributed by atoms with van der Waals surface area (Å²) in [6, 6.07) is 3.18. The van der Waals surface area contributed by atoms with Crippen molar-refractivity contribution in [3.63, 3.8) is 0 Å². The molecule has 1 aromatic heterocycles. The van der Waals surface area contributed by atoms with Crippen molar-refractivity contribution in [3.05, 3.63) is 33.7 Å². The number of fused-ring (bicyclic) bond motifs is 1. The Morgan fingerprint density at radius 3 is 2.71 bits per heavy atom. The highest BCUT2D eigenvalue weighted by molar-refractivity contribution is 6.35. The van der Waals surface area contributed by atoms with Crippen LogP contribution in [0.15, 0.2) is 23.1 Å². The zero-order valence-corrected chi connectivity index (χ0v) is 16.7. The van der Waals surface area contributed by atoms with E-state index in [2.05, 4.69) is 5.10 Å². The molecule has 1 spiro atoms. The predicted molar refractivity (Wildman–Crippen MR) is 106 cm³/mol. The van der Waals surface area contributed by atoms with Crippen LogP contribution in [0.25, 0.3) is 10.8 Å². The highest BCUT2D eigenvalue weighted by atomic mass is 35.5. The Hall–Kier alpha value is -2.28. The molecular formula is C20H24ClN3O4. The van der Waals surface area contributed by atoms with Crippen LogP contribution in [0, 0.1) is 5.41 Å². The number of halogens is 1. The van der Waals surface area contributed by atoms with Crippen molar-refractivity contribution >= 4 is 28.5 Å². The van der Waals surface area contributed by atoms with Crippen LogP contribution in [-0.4, -0.2) is 45.6 Å². The van der Waals surface area contributed by atoms with Crippen molar-refractivity contribution in [1.82, 2.24) is 14.7 Å². The molecule has 1 saturated carbocycles. The Balaban J connectivity index is 1.45. The summed E-state index contributed by atoms with van der Waals surface area (Å²) in [7, 11) is 0. The van der Waals surface area contributed by atoms with Gasteiger partial charge in [-0.1, -0.05) is 11.6 Å². The van der Waals surface area contributed by atoms with Gasteiger partial charge < -0.3 is 14.4 Å². The van der Waals surface area contributed by atoms with Crippen LogP contribution in [0.3, 0.4) is 0 Å². The van der Waals surface area contributed by atoms with Crippen molar-refractivity contribution in [2.24, 2.45) is 12.4 Å². The molecule has 0 atom stereocenters. The van der Waals surface area contributed by atoms with Gasteiger partial charge in [-0.3, -0.25) is 4.79 Å². The first-order chi connectivity index (χ1) is 14.3. The van der Waals surface area contributed by atoms with Gasteiger partial charge in [-0.25, -0.2) is 9.48 Å². The van der Waals surface area contributed by atoms with Crippen molar-refractivity contribution in [2.75, 3.05) is 13.1 Å². The zero-order chi connectivity index (χ0) is 22.8. The van der Waals surface area contributed by atoms with E-state index in [1.807, 2.05) is 20.8 Å². The maximum atomic E-state index is 12.6. The highest BCUT2D eigenvalue weighted by Gasteiger charge is 2.55. The normalized spacial score (nSPS) is 20.7. The van der Waals surface area contributed by atoms with Crippen LogP contribution in [-0.2, 0) is 11.7 Å². The van der Waals surface area contributed by atoms with Gasteiger partial charge in [0.05, 0.1) is 22.0 Å². The number of hydrogen-bond acceptors (Lipinski definition) is 5. The quantitative estimate of drug-likeness (QED) is 0.761. The first-order valence-corrected chi connectivity index (χ1v) is 9.51. The Morgan fingerprint density at radius 1 is 1.36 bits per heavy atom. The number of aryl methyl sites for hydroxylation is 1. The van der Waals surface area contributed by atoms with E-state index < -0.39 is 18.1 Å². The number of ether oxygens (including phenoxy) is 2. The third-order valence-electron chi connectivity index (χ3n) is 5.18. The number of carbonyl (C=O) groups is 1. The molecule has 0 bridgehead atoms. The monoisotopic (exact) mass is 408 g/mol. The van der Waals surface area contributed by atoms with Crippen LogP contribution in [0.1, 0.15) is 37.7 Å². The summed E-state index contributed by atoms with van der Waals surface area (Å²) in [5.74, 6) is 0.435. The van der Waals surface area contributed by atoms with Gasteiger partial charge in [0.2, 0.25) is 0 Å². The van der Waals surface area contributed by atoms with E-state index in [-0.39, 0.29) is 28.0 Å². The lowest BCUT2D eigenvalue weighted by Gasteiger charge is -2.58.